The van der Waals surface area contributed by atoms with E-state index in [4.69, 9.17) is 16.6 Å². The van der Waals surface area contributed by atoms with E-state index < -0.39 is 0 Å². The topological polar surface area (TPSA) is 12.9 Å². The molecule has 0 saturated carbocycles. The Morgan fingerprint density at radius 2 is 1.62 bits per heavy atom. The van der Waals surface area contributed by atoms with Crippen molar-refractivity contribution in [1.29, 1.82) is 0 Å². The summed E-state index contributed by atoms with van der Waals surface area (Å²) in [5.41, 5.74) is 8.66. The van der Waals surface area contributed by atoms with E-state index in [9.17, 15) is 0 Å². The first kappa shape index (κ1) is 15.6. The number of halogens is 1. The van der Waals surface area contributed by atoms with E-state index in [2.05, 4.69) is 60.7 Å². The van der Waals surface area contributed by atoms with Crippen LogP contribution in [0.25, 0.3) is 33.3 Å². The third-order valence-corrected chi connectivity index (χ3v) is 5.49. The van der Waals surface area contributed by atoms with Crippen molar-refractivity contribution in [3.63, 3.8) is 0 Å². The summed E-state index contributed by atoms with van der Waals surface area (Å²) in [6.07, 6.45) is 3.26. The number of aromatic nitrogens is 1. The fourth-order valence-corrected chi connectivity index (χ4v) is 4.27. The van der Waals surface area contributed by atoms with E-state index in [0.717, 1.165) is 40.9 Å². The van der Waals surface area contributed by atoms with E-state index in [0.29, 0.717) is 0 Å². The van der Waals surface area contributed by atoms with Gasteiger partial charge in [-0.3, -0.25) is 0 Å². The molecule has 0 unspecified atom stereocenters. The van der Waals surface area contributed by atoms with Gasteiger partial charge in [-0.1, -0.05) is 66.2 Å². The molecule has 0 atom stereocenters. The molecule has 1 heterocycles. The molecule has 3 aromatic carbocycles. The van der Waals surface area contributed by atoms with Crippen molar-refractivity contribution in [1.82, 2.24) is 4.98 Å². The van der Waals surface area contributed by atoms with Crippen LogP contribution in [0.4, 0.5) is 0 Å². The van der Waals surface area contributed by atoms with E-state index in [-0.39, 0.29) is 0 Å². The SMILES string of the molecule is Clc1ccc2nc3c(c(-c4ccccc4)c2c1)CCCc1ccccc1-3. The minimum atomic E-state index is 0.755. The van der Waals surface area contributed by atoms with Gasteiger partial charge in [0.15, 0.2) is 0 Å². The molecular weight excluding hydrogens is 338 g/mol. The fraction of sp³-hybridized carbons (Fsp3) is 0.125. The zero-order valence-corrected chi connectivity index (χ0v) is 15.1. The molecule has 1 aromatic heterocycles. The van der Waals surface area contributed by atoms with Gasteiger partial charge in [-0.25, -0.2) is 4.98 Å². The van der Waals surface area contributed by atoms with Crippen LogP contribution in [0.15, 0.2) is 72.8 Å². The largest absolute Gasteiger partial charge is 0.247 e. The average Bonchev–Trinajstić information content (AvgIpc) is 2.86. The molecule has 2 heteroatoms. The molecule has 1 aliphatic carbocycles. The molecule has 0 N–H and O–H groups in total. The van der Waals surface area contributed by atoms with Gasteiger partial charge in [0.1, 0.15) is 0 Å². The van der Waals surface area contributed by atoms with Crippen molar-refractivity contribution < 1.29 is 0 Å². The van der Waals surface area contributed by atoms with E-state index in [1.165, 1.54) is 27.8 Å². The van der Waals surface area contributed by atoms with Crippen molar-refractivity contribution in [3.05, 3.63) is 88.9 Å². The van der Waals surface area contributed by atoms with Crippen LogP contribution in [0, 0.1) is 0 Å². The van der Waals surface area contributed by atoms with Gasteiger partial charge in [-0.05, 0) is 59.7 Å². The lowest BCUT2D eigenvalue weighted by Crippen LogP contribution is -1.98. The van der Waals surface area contributed by atoms with Crippen molar-refractivity contribution >= 4 is 22.5 Å². The first-order valence-electron chi connectivity index (χ1n) is 9.07. The van der Waals surface area contributed by atoms with Crippen LogP contribution in [0.1, 0.15) is 17.5 Å². The molecule has 0 aliphatic heterocycles. The monoisotopic (exact) mass is 355 g/mol. The number of hydrogen-bond donors (Lipinski definition) is 0. The fourth-order valence-electron chi connectivity index (χ4n) is 4.10. The Bertz CT molecular complexity index is 1120. The maximum absolute atomic E-state index is 6.35. The number of fused-ring (bicyclic) bond motifs is 4. The molecule has 1 aliphatic rings. The Morgan fingerprint density at radius 1 is 0.808 bits per heavy atom. The molecular formula is C24H18ClN. The van der Waals surface area contributed by atoms with Crippen LogP contribution in [-0.2, 0) is 12.8 Å². The summed E-state index contributed by atoms with van der Waals surface area (Å²) >= 11 is 6.35. The highest BCUT2D eigenvalue weighted by Crippen LogP contribution is 2.41. The van der Waals surface area contributed by atoms with Crippen LogP contribution in [0.3, 0.4) is 0 Å². The second kappa shape index (κ2) is 6.26. The maximum atomic E-state index is 6.35. The van der Waals surface area contributed by atoms with Crippen molar-refractivity contribution in [2.24, 2.45) is 0 Å². The Kier molecular flexibility index (Phi) is 3.76. The van der Waals surface area contributed by atoms with Crippen LogP contribution < -0.4 is 0 Å². The Morgan fingerprint density at radius 3 is 2.50 bits per heavy atom. The summed E-state index contributed by atoms with van der Waals surface area (Å²) in [4.78, 5) is 5.09. The molecule has 0 fully saturated rings. The first-order valence-corrected chi connectivity index (χ1v) is 9.45. The molecule has 0 radical (unpaired) electrons. The quantitative estimate of drug-likeness (QED) is 0.369. The number of hydrogen-bond acceptors (Lipinski definition) is 1. The lowest BCUT2D eigenvalue weighted by Gasteiger charge is -2.17. The lowest BCUT2D eigenvalue weighted by atomic mass is 9.91. The van der Waals surface area contributed by atoms with Gasteiger partial charge in [0.25, 0.3) is 0 Å². The summed E-state index contributed by atoms with van der Waals surface area (Å²) in [6, 6.07) is 25.4. The molecule has 0 amide bonds. The zero-order valence-electron chi connectivity index (χ0n) is 14.4. The normalized spacial score (nSPS) is 13.1. The molecule has 0 bridgehead atoms. The van der Waals surface area contributed by atoms with Crippen LogP contribution in [0.5, 0.6) is 0 Å². The highest BCUT2D eigenvalue weighted by atomic mass is 35.5. The number of benzene rings is 3. The second-order valence-corrected chi connectivity index (χ2v) is 7.29. The highest BCUT2D eigenvalue weighted by Gasteiger charge is 2.21. The van der Waals surface area contributed by atoms with Crippen LogP contribution in [-0.4, -0.2) is 4.98 Å². The van der Waals surface area contributed by atoms with Crippen molar-refractivity contribution in [2.45, 2.75) is 19.3 Å². The van der Waals surface area contributed by atoms with Gasteiger partial charge in [-0.2, -0.15) is 0 Å². The van der Waals surface area contributed by atoms with Gasteiger partial charge in [-0.15, -0.1) is 0 Å². The highest BCUT2D eigenvalue weighted by molar-refractivity contribution is 6.31. The minimum Gasteiger partial charge on any atom is -0.247 e. The summed E-state index contributed by atoms with van der Waals surface area (Å²) in [5, 5.41) is 1.90. The third-order valence-electron chi connectivity index (χ3n) is 5.26. The number of nitrogens with zero attached hydrogens (tertiary/aromatic N) is 1. The minimum absolute atomic E-state index is 0.755. The van der Waals surface area contributed by atoms with Gasteiger partial charge < -0.3 is 0 Å². The molecule has 26 heavy (non-hydrogen) atoms. The Balaban J connectivity index is 1.93. The van der Waals surface area contributed by atoms with Gasteiger partial charge in [0, 0.05) is 16.0 Å². The third kappa shape index (κ3) is 2.51. The predicted octanol–water partition coefficient (Wildman–Crippen LogP) is 6.71. The van der Waals surface area contributed by atoms with E-state index in [1.807, 2.05) is 12.1 Å². The summed E-state index contributed by atoms with van der Waals surface area (Å²) in [7, 11) is 0. The van der Waals surface area contributed by atoms with Crippen LogP contribution >= 0.6 is 11.6 Å². The number of rotatable bonds is 1. The molecule has 126 valence electrons. The van der Waals surface area contributed by atoms with Crippen LogP contribution in [0.2, 0.25) is 5.02 Å². The standard InChI is InChI=1S/C24H18ClN/c25-18-13-14-22-21(15-18)23(17-8-2-1-3-9-17)20-12-6-10-16-7-4-5-11-19(16)24(20)26-22/h1-5,7-9,11,13-15H,6,10,12H2. The Hall–Kier alpha value is -2.64. The second-order valence-electron chi connectivity index (χ2n) is 6.85. The maximum Gasteiger partial charge on any atom is 0.0750 e. The first-order chi connectivity index (χ1) is 12.8. The smallest absolute Gasteiger partial charge is 0.0750 e. The predicted molar refractivity (Wildman–Crippen MR) is 110 cm³/mol. The van der Waals surface area contributed by atoms with E-state index in [1.54, 1.807) is 0 Å². The number of aryl methyl sites for hydroxylation is 1. The molecule has 4 aromatic rings. The van der Waals surface area contributed by atoms with Gasteiger partial charge >= 0.3 is 0 Å². The molecule has 1 nitrogen and oxygen atoms in total. The Labute approximate surface area is 158 Å². The molecule has 0 saturated heterocycles. The summed E-state index contributed by atoms with van der Waals surface area (Å²) in [5.74, 6) is 0. The number of pyridine rings is 1. The van der Waals surface area contributed by atoms with Crippen molar-refractivity contribution in [2.75, 3.05) is 0 Å². The van der Waals surface area contributed by atoms with Gasteiger partial charge in [0.05, 0.1) is 11.2 Å². The van der Waals surface area contributed by atoms with Gasteiger partial charge in [0.2, 0.25) is 0 Å². The van der Waals surface area contributed by atoms with Crippen molar-refractivity contribution in [3.8, 4) is 22.4 Å². The molecule has 5 rings (SSSR count). The summed E-state index contributed by atoms with van der Waals surface area (Å²) < 4.78 is 0. The lowest BCUT2D eigenvalue weighted by molar-refractivity contribution is 0.835. The molecule has 0 spiro atoms. The van der Waals surface area contributed by atoms with E-state index >= 15 is 0 Å². The average molecular weight is 356 g/mol. The zero-order chi connectivity index (χ0) is 17.5. The summed E-state index contributed by atoms with van der Waals surface area (Å²) in [6.45, 7) is 0.